The number of hydrogen-bond acceptors (Lipinski definition) is 5. The third kappa shape index (κ3) is 2.90. The van der Waals surface area contributed by atoms with Crippen LogP contribution in [0.1, 0.15) is 11.3 Å². The van der Waals surface area contributed by atoms with Gasteiger partial charge >= 0.3 is 0 Å². The third-order valence-electron chi connectivity index (χ3n) is 3.16. The maximum absolute atomic E-state index is 6.14. The van der Waals surface area contributed by atoms with Gasteiger partial charge in [0.1, 0.15) is 11.5 Å². The van der Waals surface area contributed by atoms with Gasteiger partial charge in [-0.15, -0.1) is 0 Å². The number of hydrogen-bond donors (Lipinski definition) is 1. The van der Waals surface area contributed by atoms with Crippen LogP contribution in [-0.4, -0.2) is 20.2 Å². The van der Waals surface area contributed by atoms with E-state index in [0.29, 0.717) is 12.5 Å². The Morgan fingerprint density at radius 2 is 2.14 bits per heavy atom. The second-order valence-electron chi connectivity index (χ2n) is 4.71. The zero-order chi connectivity index (χ0) is 14.8. The molecule has 21 heavy (non-hydrogen) atoms. The van der Waals surface area contributed by atoms with E-state index in [1.807, 2.05) is 37.3 Å². The highest BCUT2D eigenvalue weighted by Crippen LogP contribution is 2.27. The molecule has 0 radical (unpaired) electrons. The summed E-state index contributed by atoms with van der Waals surface area (Å²) in [5.41, 5.74) is 2.00. The van der Waals surface area contributed by atoms with Crippen LogP contribution in [0.15, 0.2) is 34.7 Å². The van der Waals surface area contributed by atoms with Gasteiger partial charge in [-0.25, -0.2) is 4.68 Å². The Labute approximate surface area is 126 Å². The van der Waals surface area contributed by atoms with Gasteiger partial charge < -0.3 is 9.73 Å². The van der Waals surface area contributed by atoms with Crippen molar-refractivity contribution in [2.45, 2.75) is 13.5 Å². The summed E-state index contributed by atoms with van der Waals surface area (Å²) in [6.45, 7) is 2.48. The van der Waals surface area contributed by atoms with Gasteiger partial charge in [0.2, 0.25) is 5.95 Å². The fourth-order valence-electron chi connectivity index (χ4n) is 1.92. The van der Waals surface area contributed by atoms with Crippen LogP contribution in [0, 0.1) is 6.92 Å². The van der Waals surface area contributed by atoms with E-state index in [9.17, 15) is 0 Å². The molecule has 0 aliphatic carbocycles. The number of rotatable bonds is 4. The van der Waals surface area contributed by atoms with Crippen LogP contribution in [0.25, 0.3) is 11.3 Å². The zero-order valence-corrected chi connectivity index (χ0v) is 12.4. The lowest BCUT2D eigenvalue weighted by atomic mass is 10.1. The predicted octanol–water partition coefficient (Wildman–Crippen LogP) is 3.04. The fourth-order valence-corrected chi connectivity index (χ4v) is 2.10. The molecule has 0 spiro atoms. The van der Waals surface area contributed by atoms with Crippen molar-refractivity contribution in [2.24, 2.45) is 7.05 Å². The summed E-state index contributed by atoms with van der Waals surface area (Å²) in [7, 11) is 1.77. The smallest absolute Gasteiger partial charge is 0.243 e. The fraction of sp³-hybridized carbons (Fsp3) is 0.214. The molecule has 7 heteroatoms. The lowest BCUT2D eigenvalue weighted by molar-refractivity contribution is 0.530. The minimum Gasteiger partial charge on any atom is -0.459 e. The molecule has 1 aromatic carbocycles. The first-order chi connectivity index (χ1) is 10.1. The minimum atomic E-state index is 0.508. The van der Waals surface area contributed by atoms with Gasteiger partial charge in [0.15, 0.2) is 0 Å². The Kier molecular flexibility index (Phi) is 3.62. The van der Waals surface area contributed by atoms with Crippen LogP contribution in [0.2, 0.25) is 5.02 Å². The normalized spacial score (nSPS) is 10.8. The van der Waals surface area contributed by atoms with Crippen molar-refractivity contribution in [1.29, 1.82) is 0 Å². The molecule has 0 saturated carbocycles. The van der Waals surface area contributed by atoms with E-state index in [-0.39, 0.29) is 0 Å². The van der Waals surface area contributed by atoms with Gasteiger partial charge in [-0.05, 0) is 41.1 Å². The Hall–Kier alpha value is -2.34. The molecule has 1 N–H and O–H groups in total. The summed E-state index contributed by atoms with van der Waals surface area (Å²) in [6, 6.07) is 9.71. The Morgan fingerprint density at radius 3 is 2.86 bits per heavy atom. The zero-order valence-electron chi connectivity index (χ0n) is 11.7. The molecule has 0 atom stereocenters. The standard InChI is InChI=1S/C14H14ClN5O/c1-9-3-4-10(7-12(9)15)13-6-5-11(21-13)8-16-14-17-18-19-20(14)2/h3-7H,8H2,1-2H3,(H,16,17,19). The number of halogens is 1. The van der Waals surface area contributed by atoms with Crippen molar-refractivity contribution in [3.8, 4) is 11.3 Å². The van der Waals surface area contributed by atoms with E-state index in [2.05, 4.69) is 20.8 Å². The van der Waals surface area contributed by atoms with Gasteiger partial charge in [0.05, 0.1) is 6.54 Å². The van der Waals surface area contributed by atoms with Gasteiger partial charge in [-0.2, -0.15) is 0 Å². The van der Waals surface area contributed by atoms with Crippen molar-refractivity contribution >= 4 is 17.5 Å². The van der Waals surface area contributed by atoms with E-state index >= 15 is 0 Å². The van der Waals surface area contributed by atoms with Crippen molar-refractivity contribution in [1.82, 2.24) is 20.2 Å². The molecule has 0 aliphatic rings. The topological polar surface area (TPSA) is 68.8 Å². The Bertz CT molecular complexity index is 764. The van der Waals surface area contributed by atoms with Crippen LogP contribution in [0.4, 0.5) is 5.95 Å². The second kappa shape index (κ2) is 5.57. The highest BCUT2D eigenvalue weighted by molar-refractivity contribution is 6.31. The van der Waals surface area contributed by atoms with Crippen LogP contribution in [-0.2, 0) is 13.6 Å². The van der Waals surface area contributed by atoms with Crippen molar-refractivity contribution in [3.63, 3.8) is 0 Å². The van der Waals surface area contributed by atoms with E-state index in [0.717, 1.165) is 27.7 Å². The first kappa shape index (κ1) is 13.6. The highest BCUT2D eigenvalue weighted by Gasteiger charge is 2.08. The molecule has 0 amide bonds. The first-order valence-electron chi connectivity index (χ1n) is 6.45. The number of aryl methyl sites for hydroxylation is 2. The average Bonchev–Trinajstić information content (AvgIpc) is 3.09. The average molecular weight is 304 g/mol. The number of nitrogens with zero attached hydrogens (tertiary/aromatic N) is 4. The van der Waals surface area contributed by atoms with E-state index in [1.54, 1.807) is 11.7 Å². The maximum Gasteiger partial charge on any atom is 0.243 e. The molecule has 2 aromatic heterocycles. The summed E-state index contributed by atoms with van der Waals surface area (Å²) >= 11 is 6.14. The van der Waals surface area contributed by atoms with Crippen LogP contribution in [0.5, 0.6) is 0 Å². The van der Waals surface area contributed by atoms with Crippen molar-refractivity contribution in [2.75, 3.05) is 5.32 Å². The number of anilines is 1. The number of furan rings is 1. The molecule has 108 valence electrons. The first-order valence-corrected chi connectivity index (χ1v) is 6.83. The largest absolute Gasteiger partial charge is 0.459 e. The summed E-state index contributed by atoms with van der Waals surface area (Å²) in [4.78, 5) is 0. The molecule has 0 fully saturated rings. The molecule has 6 nitrogen and oxygen atoms in total. The molecule has 2 heterocycles. The van der Waals surface area contributed by atoms with Crippen LogP contribution >= 0.6 is 11.6 Å². The predicted molar refractivity (Wildman–Crippen MR) is 80.0 cm³/mol. The summed E-state index contributed by atoms with van der Waals surface area (Å²) in [5, 5.41) is 15.0. The monoisotopic (exact) mass is 303 g/mol. The number of tetrazole rings is 1. The lowest BCUT2D eigenvalue weighted by Gasteiger charge is -2.02. The lowest BCUT2D eigenvalue weighted by Crippen LogP contribution is -2.04. The molecule has 0 bridgehead atoms. The molecular weight excluding hydrogens is 290 g/mol. The SMILES string of the molecule is Cc1ccc(-c2ccc(CNc3nnnn3C)o2)cc1Cl. The Balaban J connectivity index is 1.74. The summed E-state index contributed by atoms with van der Waals surface area (Å²) < 4.78 is 7.36. The van der Waals surface area contributed by atoms with Crippen molar-refractivity contribution in [3.05, 3.63) is 46.7 Å². The molecule has 0 aliphatic heterocycles. The molecular formula is C14H14ClN5O. The van der Waals surface area contributed by atoms with Crippen LogP contribution in [0.3, 0.4) is 0 Å². The second-order valence-corrected chi connectivity index (χ2v) is 5.12. The highest BCUT2D eigenvalue weighted by atomic mass is 35.5. The van der Waals surface area contributed by atoms with E-state index < -0.39 is 0 Å². The number of nitrogens with one attached hydrogen (secondary N) is 1. The van der Waals surface area contributed by atoms with Gasteiger partial charge in [-0.1, -0.05) is 28.8 Å². The minimum absolute atomic E-state index is 0.508. The summed E-state index contributed by atoms with van der Waals surface area (Å²) in [5.74, 6) is 2.17. The van der Waals surface area contributed by atoms with Crippen molar-refractivity contribution < 1.29 is 4.42 Å². The number of aromatic nitrogens is 4. The third-order valence-corrected chi connectivity index (χ3v) is 3.57. The summed E-state index contributed by atoms with van der Waals surface area (Å²) in [6.07, 6.45) is 0. The quantitative estimate of drug-likeness (QED) is 0.802. The molecule has 3 aromatic rings. The van der Waals surface area contributed by atoms with E-state index in [4.69, 9.17) is 16.0 Å². The number of benzene rings is 1. The molecule has 3 rings (SSSR count). The maximum atomic E-state index is 6.14. The van der Waals surface area contributed by atoms with Crippen LogP contribution < -0.4 is 5.32 Å². The van der Waals surface area contributed by atoms with Gasteiger partial charge in [-0.3, -0.25) is 0 Å². The van der Waals surface area contributed by atoms with Gasteiger partial charge in [0.25, 0.3) is 0 Å². The molecule has 0 unspecified atom stereocenters. The van der Waals surface area contributed by atoms with E-state index in [1.165, 1.54) is 0 Å². The Morgan fingerprint density at radius 1 is 1.29 bits per heavy atom. The molecule has 0 saturated heterocycles. The van der Waals surface area contributed by atoms with Gasteiger partial charge in [0, 0.05) is 17.6 Å².